The summed E-state index contributed by atoms with van der Waals surface area (Å²) in [6, 6.07) is 10.9. The number of hydrogen-bond donors (Lipinski definition) is 1. The maximum absolute atomic E-state index is 12.9. The molecule has 1 amide bonds. The van der Waals surface area contributed by atoms with Gasteiger partial charge in [0.2, 0.25) is 5.43 Å². The van der Waals surface area contributed by atoms with Crippen molar-refractivity contribution in [3.63, 3.8) is 0 Å². The lowest BCUT2D eigenvalue weighted by Gasteiger charge is -2.14. The van der Waals surface area contributed by atoms with E-state index in [9.17, 15) is 14.8 Å². The zero-order valence-corrected chi connectivity index (χ0v) is 15.9. The summed E-state index contributed by atoms with van der Waals surface area (Å²) in [6.07, 6.45) is 9.21. The van der Waals surface area contributed by atoms with E-state index in [1.807, 2.05) is 24.3 Å². The SMILES string of the molecule is O=C(NC1CC1)c1cn(-c2cccc(-c3cnc[n+]([O-])c3)c2)c2ncccc2c1=O. The Morgan fingerprint density at radius 3 is 2.87 bits per heavy atom. The Bertz CT molecular complexity index is 1340. The van der Waals surface area contributed by atoms with Crippen LogP contribution in [0.3, 0.4) is 0 Å². The van der Waals surface area contributed by atoms with Gasteiger partial charge >= 0.3 is 0 Å². The van der Waals surface area contributed by atoms with Gasteiger partial charge in [0.1, 0.15) is 17.4 Å². The molecule has 1 aliphatic rings. The average molecular weight is 399 g/mol. The molecule has 0 radical (unpaired) electrons. The van der Waals surface area contributed by atoms with E-state index in [0.717, 1.165) is 18.4 Å². The molecule has 3 aromatic heterocycles. The van der Waals surface area contributed by atoms with Crippen molar-refractivity contribution in [3.8, 4) is 16.8 Å². The molecular formula is C22H17N5O3. The summed E-state index contributed by atoms with van der Waals surface area (Å²) in [5.41, 5.74) is 2.32. The fraction of sp³-hybridized carbons (Fsp3) is 0.136. The Morgan fingerprint density at radius 2 is 2.07 bits per heavy atom. The Labute approximate surface area is 171 Å². The second kappa shape index (κ2) is 7.07. The fourth-order valence-corrected chi connectivity index (χ4v) is 3.38. The lowest BCUT2D eigenvalue weighted by molar-refractivity contribution is -0.608. The van der Waals surface area contributed by atoms with Crippen LogP contribution < -0.4 is 15.5 Å². The summed E-state index contributed by atoms with van der Waals surface area (Å²) in [5.74, 6) is -0.377. The van der Waals surface area contributed by atoms with Crippen LogP contribution in [-0.4, -0.2) is 26.5 Å². The summed E-state index contributed by atoms with van der Waals surface area (Å²) in [4.78, 5) is 33.9. The van der Waals surface area contributed by atoms with Crippen LogP contribution in [0.4, 0.5) is 0 Å². The second-order valence-electron chi connectivity index (χ2n) is 7.25. The van der Waals surface area contributed by atoms with Gasteiger partial charge in [0.15, 0.2) is 6.20 Å². The average Bonchev–Trinajstić information content (AvgIpc) is 3.58. The molecule has 0 atom stereocenters. The molecule has 5 rings (SSSR count). The predicted octanol–water partition coefficient (Wildman–Crippen LogP) is 1.97. The quantitative estimate of drug-likeness (QED) is 0.417. The standard InChI is InChI=1S/C22H17N5O3/c28-20-18-5-2-8-24-21(18)27(12-19(20)22(29)25-16-6-7-16)17-4-1-3-14(9-17)15-10-23-13-26(30)11-15/h1-5,8-13,16H,6-7H2,(H,25,29). The number of nitrogens with zero attached hydrogens (tertiary/aromatic N) is 4. The first kappa shape index (κ1) is 18.0. The van der Waals surface area contributed by atoms with Crippen molar-refractivity contribution in [1.82, 2.24) is 19.9 Å². The van der Waals surface area contributed by atoms with Crippen molar-refractivity contribution in [1.29, 1.82) is 0 Å². The molecule has 1 N–H and O–H groups in total. The normalized spacial score (nSPS) is 13.3. The van der Waals surface area contributed by atoms with Crippen LogP contribution >= 0.6 is 0 Å². The highest BCUT2D eigenvalue weighted by Gasteiger charge is 2.26. The van der Waals surface area contributed by atoms with Crippen LogP contribution in [0.25, 0.3) is 27.8 Å². The van der Waals surface area contributed by atoms with Crippen molar-refractivity contribution in [2.75, 3.05) is 0 Å². The lowest BCUT2D eigenvalue weighted by atomic mass is 10.1. The molecule has 1 fully saturated rings. The van der Waals surface area contributed by atoms with E-state index in [4.69, 9.17) is 0 Å². The van der Waals surface area contributed by atoms with Gasteiger partial charge in [-0.1, -0.05) is 17.1 Å². The molecule has 8 nitrogen and oxygen atoms in total. The monoisotopic (exact) mass is 399 g/mol. The Balaban J connectivity index is 1.68. The molecule has 3 heterocycles. The molecule has 8 heteroatoms. The van der Waals surface area contributed by atoms with Gasteiger partial charge in [-0.2, -0.15) is 0 Å². The molecule has 4 aromatic rings. The lowest BCUT2D eigenvalue weighted by Crippen LogP contribution is -2.31. The Kier molecular flexibility index (Phi) is 4.24. The van der Waals surface area contributed by atoms with Crippen molar-refractivity contribution < 1.29 is 9.52 Å². The molecule has 0 saturated heterocycles. The van der Waals surface area contributed by atoms with E-state index < -0.39 is 0 Å². The van der Waals surface area contributed by atoms with Crippen molar-refractivity contribution in [3.05, 3.63) is 88.5 Å². The molecule has 0 unspecified atom stereocenters. The van der Waals surface area contributed by atoms with Crippen LogP contribution in [0, 0.1) is 5.21 Å². The van der Waals surface area contributed by atoms with Gasteiger partial charge < -0.3 is 15.1 Å². The molecule has 30 heavy (non-hydrogen) atoms. The van der Waals surface area contributed by atoms with Crippen LogP contribution in [0.1, 0.15) is 23.2 Å². The number of fused-ring (bicyclic) bond motifs is 1. The van der Waals surface area contributed by atoms with Crippen molar-refractivity contribution >= 4 is 16.9 Å². The van der Waals surface area contributed by atoms with Gasteiger partial charge in [0.25, 0.3) is 12.2 Å². The number of hydrogen-bond acceptors (Lipinski definition) is 5. The number of benzene rings is 1. The highest BCUT2D eigenvalue weighted by atomic mass is 16.5. The van der Waals surface area contributed by atoms with E-state index in [2.05, 4.69) is 15.3 Å². The fourth-order valence-electron chi connectivity index (χ4n) is 3.38. The predicted molar refractivity (Wildman–Crippen MR) is 110 cm³/mol. The summed E-state index contributed by atoms with van der Waals surface area (Å²) < 4.78 is 2.36. The summed E-state index contributed by atoms with van der Waals surface area (Å²) in [5, 5.41) is 14.8. The molecule has 0 spiro atoms. The van der Waals surface area contributed by atoms with Crippen LogP contribution in [0.5, 0.6) is 0 Å². The van der Waals surface area contributed by atoms with Crippen molar-refractivity contribution in [2.24, 2.45) is 0 Å². The number of amides is 1. The van der Waals surface area contributed by atoms with Gasteiger partial charge in [-0.3, -0.25) is 9.59 Å². The van der Waals surface area contributed by atoms with Crippen LogP contribution in [0.15, 0.2) is 72.3 Å². The Morgan fingerprint density at radius 1 is 1.20 bits per heavy atom. The van der Waals surface area contributed by atoms with E-state index in [1.165, 1.54) is 18.7 Å². The van der Waals surface area contributed by atoms with Gasteiger partial charge in [0.05, 0.1) is 10.9 Å². The highest BCUT2D eigenvalue weighted by molar-refractivity contribution is 5.97. The smallest absolute Gasteiger partial charge is 0.289 e. The molecular weight excluding hydrogens is 382 g/mol. The molecule has 0 bridgehead atoms. The molecule has 1 aliphatic carbocycles. The molecule has 148 valence electrons. The maximum atomic E-state index is 12.9. The number of carbonyl (C=O) groups is 1. The number of aromatic nitrogens is 4. The largest absolute Gasteiger partial charge is 0.711 e. The van der Waals surface area contributed by atoms with Crippen LogP contribution in [-0.2, 0) is 0 Å². The van der Waals surface area contributed by atoms with E-state index in [-0.39, 0.29) is 22.9 Å². The van der Waals surface area contributed by atoms with Gasteiger partial charge in [-0.25, -0.2) is 9.71 Å². The summed E-state index contributed by atoms with van der Waals surface area (Å²) in [7, 11) is 0. The minimum atomic E-state index is -0.377. The third-order valence-electron chi connectivity index (χ3n) is 5.04. The van der Waals surface area contributed by atoms with Gasteiger partial charge in [-0.15, -0.1) is 0 Å². The van der Waals surface area contributed by atoms with E-state index >= 15 is 0 Å². The first-order chi connectivity index (χ1) is 14.6. The first-order valence-corrected chi connectivity index (χ1v) is 9.56. The Hall–Kier alpha value is -4.07. The van der Waals surface area contributed by atoms with Crippen LogP contribution in [0.2, 0.25) is 0 Å². The minimum Gasteiger partial charge on any atom is -0.711 e. The first-order valence-electron chi connectivity index (χ1n) is 9.56. The van der Waals surface area contributed by atoms with Gasteiger partial charge in [0, 0.05) is 24.1 Å². The molecule has 0 aliphatic heterocycles. The summed E-state index contributed by atoms with van der Waals surface area (Å²) >= 11 is 0. The van der Waals surface area contributed by atoms with Crippen molar-refractivity contribution in [2.45, 2.75) is 18.9 Å². The molecule has 1 saturated carbocycles. The summed E-state index contributed by atoms with van der Waals surface area (Å²) in [6.45, 7) is 0. The zero-order valence-electron chi connectivity index (χ0n) is 15.9. The number of nitrogens with one attached hydrogen (secondary N) is 1. The van der Waals surface area contributed by atoms with E-state index in [1.54, 1.807) is 29.1 Å². The molecule has 1 aromatic carbocycles. The zero-order chi connectivity index (χ0) is 20.7. The minimum absolute atomic E-state index is 0.0755. The second-order valence-corrected chi connectivity index (χ2v) is 7.25. The third-order valence-corrected chi connectivity index (χ3v) is 5.04. The topological polar surface area (TPSA) is 104 Å². The number of carbonyl (C=O) groups excluding carboxylic acids is 1. The van der Waals surface area contributed by atoms with E-state index in [0.29, 0.717) is 27.0 Å². The van der Waals surface area contributed by atoms with Gasteiger partial charge in [-0.05, 0) is 42.7 Å². The highest BCUT2D eigenvalue weighted by Crippen LogP contribution is 2.23. The number of rotatable bonds is 4. The number of pyridine rings is 2. The maximum Gasteiger partial charge on any atom is 0.289 e. The third kappa shape index (κ3) is 3.28.